The predicted molar refractivity (Wildman–Crippen MR) is 63.8 cm³/mol. The average Bonchev–Trinajstić information content (AvgIpc) is 2.75. The van der Waals surface area contributed by atoms with Gasteiger partial charge in [-0.3, -0.25) is 0 Å². The number of hydrogen-bond donors (Lipinski definition) is 0. The zero-order chi connectivity index (χ0) is 9.54. The lowest BCUT2D eigenvalue weighted by atomic mass is 10.2. The van der Waals surface area contributed by atoms with Crippen molar-refractivity contribution in [3.05, 3.63) is 29.6 Å². The smallest absolute Gasteiger partial charge is 0.147 e. The number of benzene rings is 1. The summed E-state index contributed by atoms with van der Waals surface area (Å²) >= 11 is 3.57. The van der Waals surface area contributed by atoms with Crippen LogP contribution >= 0.6 is 22.7 Å². The summed E-state index contributed by atoms with van der Waals surface area (Å²) in [6, 6.07) is 8.49. The van der Waals surface area contributed by atoms with Crippen LogP contribution < -0.4 is 4.74 Å². The topological polar surface area (TPSA) is 9.23 Å². The maximum atomic E-state index is 5.32. The van der Waals surface area contributed by atoms with Gasteiger partial charge < -0.3 is 4.74 Å². The molecule has 3 rings (SSSR count). The van der Waals surface area contributed by atoms with Gasteiger partial charge in [-0.25, -0.2) is 0 Å². The van der Waals surface area contributed by atoms with Crippen LogP contribution in [0.25, 0.3) is 19.5 Å². The van der Waals surface area contributed by atoms with Gasteiger partial charge in [0.15, 0.2) is 0 Å². The van der Waals surface area contributed by atoms with E-state index in [1.165, 1.54) is 19.5 Å². The van der Waals surface area contributed by atoms with Crippen molar-refractivity contribution in [2.45, 2.75) is 0 Å². The molecule has 0 atom stereocenters. The van der Waals surface area contributed by atoms with Crippen molar-refractivity contribution in [1.82, 2.24) is 0 Å². The minimum absolute atomic E-state index is 1.01. The van der Waals surface area contributed by atoms with Crippen LogP contribution in [0.4, 0.5) is 0 Å². The molecule has 0 aliphatic carbocycles. The van der Waals surface area contributed by atoms with Gasteiger partial charge in [-0.2, -0.15) is 0 Å². The highest BCUT2D eigenvalue weighted by atomic mass is 32.1. The van der Waals surface area contributed by atoms with Crippen LogP contribution in [0.15, 0.2) is 29.6 Å². The van der Waals surface area contributed by atoms with E-state index in [0.29, 0.717) is 0 Å². The molecule has 0 bridgehead atoms. The number of methoxy groups -OCH3 is 1. The second-order valence-corrected chi connectivity index (χ2v) is 4.99. The van der Waals surface area contributed by atoms with Gasteiger partial charge in [-0.15, -0.1) is 22.7 Å². The van der Waals surface area contributed by atoms with Crippen LogP contribution in [-0.2, 0) is 0 Å². The molecule has 70 valence electrons. The van der Waals surface area contributed by atoms with Crippen LogP contribution in [0.1, 0.15) is 0 Å². The lowest BCUT2D eigenvalue weighted by Gasteiger charge is -1.90. The van der Waals surface area contributed by atoms with Gasteiger partial charge in [-0.1, -0.05) is 18.2 Å². The molecule has 2 aromatic heterocycles. The van der Waals surface area contributed by atoms with Crippen molar-refractivity contribution in [3.63, 3.8) is 0 Å². The molecule has 0 amide bonds. The first kappa shape index (κ1) is 8.26. The van der Waals surface area contributed by atoms with Gasteiger partial charge >= 0.3 is 0 Å². The fourth-order valence-corrected chi connectivity index (χ4v) is 4.06. The Morgan fingerprint density at radius 1 is 1.14 bits per heavy atom. The molecule has 0 aliphatic heterocycles. The number of fused-ring (bicyclic) bond motifs is 3. The summed E-state index contributed by atoms with van der Waals surface area (Å²) in [5.41, 5.74) is 0. The van der Waals surface area contributed by atoms with Gasteiger partial charge in [0.05, 0.1) is 16.5 Å². The standard InChI is InChI=1S/C11H8OS2/c1-12-8-6-13-10-7-4-2-3-5-9(7)14-11(8)10/h2-6H,1H3. The third-order valence-electron chi connectivity index (χ3n) is 2.28. The lowest BCUT2D eigenvalue weighted by Crippen LogP contribution is -1.75. The van der Waals surface area contributed by atoms with Gasteiger partial charge in [0.25, 0.3) is 0 Å². The molecule has 1 nitrogen and oxygen atoms in total. The van der Waals surface area contributed by atoms with E-state index in [9.17, 15) is 0 Å². The molecule has 2 heterocycles. The molecule has 0 saturated carbocycles. The number of ether oxygens (including phenoxy) is 1. The number of thiophene rings is 2. The van der Waals surface area contributed by atoms with Crippen LogP contribution in [0.5, 0.6) is 5.75 Å². The zero-order valence-corrected chi connectivity index (χ0v) is 9.24. The molecule has 3 heteroatoms. The van der Waals surface area contributed by atoms with Crippen LogP contribution in [0.2, 0.25) is 0 Å². The minimum atomic E-state index is 1.01. The van der Waals surface area contributed by atoms with Crippen LogP contribution in [0, 0.1) is 0 Å². The molecule has 1 aromatic carbocycles. The molecule has 0 saturated heterocycles. The second-order valence-electron chi connectivity index (χ2n) is 3.06. The Morgan fingerprint density at radius 2 is 2.00 bits per heavy atom. The summed E-state index contributed by atoms with van der Waals surface area (Å²) in [6.07, 6.45) is 0. The Morgan fingerprint density at radius 3 is 2.86 bits per heavy atom. The molecular weight excluding hydrogens is 212 g/mol. The largest absolute Gasteiger partial charge is 0.494 e. The van der Waals surface area contributed by atoms with Gasteiger partial charge in [0.1, 0.15) is 5.75 Å². The third-order valence-corrected chi connectivity index (χ3v) is 4.58. The Bertz CT molecular complexity index is 591. The summed E-state index contributed by atoms with van der Waals surface area (Å²) in [5, 5.41) is 3.42. The third kappa shape index (κ3) is 0.996. The molecule has 0 unspecified atom stereocenters. The van der Waals surface area contributed by atoms with Crippen molar-refractivity contribution in [1.29, 1.82) is 0 Å². The van der Waals surface area contributed by atoms with E-state index in [4.69, 9.17) is 4.74 Å². The molecule has 0 aliphatic rings. The number of rotatable bonds is 1. The SMILES string of the molecule is COc1csc2c1sc1ccccc12. The van der Waals surface area contributed by atoms with E-state index >= 15 is 0 Å². The quantitative estimate of drug-likeness (QED) is 0.599. The lowest BCUT2D eigenvalue weighted by molar-refractivity contribution is 0.422. The molecule has 0 radical (unpaired) electrons. The minimum Gasteiger partial charge on any atom is -0.494 e. The Labute approximate surface area is 89.6 Å². The van der Waals surface area contributed by atoms with E-state index in [2.05, 4.69) is 29.6 Å². The second kappa shape index (κ2) is 2.97. The summed E-state index contributed by atoms with van der Waals surface area (Å²) < 4.78 is 9.28. The van der Waals surface area contributed by atoms with Crippen molar-refractivity contribution in [3.8, 4) is 5.75 Å². The fourth-order valence-electron chi connectivity index (χ4n) is 1.61. The van der Waals surface area contributed by atoms with E-state index in [-0.39, 0.29) is 0 Å². The van der Waals surface area contributed by atoms with Crippen LogP contribution in [-0.4, -0.2) is 7.11 Å². The van der Waals surface area contributed by atoms with Crippen molar-refractivity contribution in [2.24, 2.45) is 0 Å². The van der Waals surface area contributed by atoms with E-state index in [1.54, 1.807) is 29.8 Å². The first-order valence-corrected chi connectivity index (χ1v) is 6.02. The molecule has 14 heavy (non-hydrogen) atoms. The van der Waals surface area contributed by atoms with Gasteiger partial charge in [0, 0.05) is 15.5 Å². The van der Waals surface area contributed by atoms with Crippen LogP contribution in [0.3, 0.4) is 0 Å². The Hall–Kier alpha value is -1.06. The van der Waals surface area contributed by atoms with E-state index < -0.39 is 0 Å². The number of hydrogen-bond acceptors (Lipinski definition) is 3. The summed E-state index contributed by atoms with van der Waals surface area (Å²) in [4.78, 5) is 0. The summed E-state index contributed by atoms with van der Waals surface area (Å²) in [6.45, 7) is 0. The highest BCUT2D eigenvalue weighted by Crippen LogP contribution is 2.43. The Balaban J connectivity index is 2.51. The van der Waals surface area contributed by atoms with Gasteiger partial charge in [0.2, 0.25) is 0 Å². The molecule has 0 N–H and O–H groups in total. The highest BCUT2D eigenvalue weighted by Gasteiger charge is 2.10. The van der Waals surface area contributed by atoms with Crippen molar-refractivity contribution in [2.75, 3.05) is 7.11 Å². The van der Waals surface area contributed by atoms with Crippen molar-refractivity contribution >= 4 is 42.2 Å². The van der Waals surface area contributed by atoms with Gasteiger partial charge in [-0.05, 0) is 6.07 Å². The fraction of sp³-hybridized carbons (Fsp3) is 0.0909. The maximum absolute atomic E-state index is 5.32. The first-order valence-electron chi connectivity index (χ1n) is 4.33. The predicted octanol–water partition coefficient (Wildman–Crippen LogP) is 4.12. The van der Waals surface area contributed by atoms with E-state index in [0.717, 1.165) is 5.75 Å². The average molecular weight is 220 g/mol. The summed E-state index contributed by atoms with van der Waals surface area (Å²) in [5.74, 6) is 1.01. The molecular formula is C11H8OS2. The normalized spacial score (nSPS) is 11.2. The first-order chi connectivity index (χ1) is 6.90. The van der Waals surface area contributed by atoms with Crippen molar-refractivity contribution < 1.29 is 4.74 Å². The molecule has 3 aromatic rings. The Kier molecular flexibility index (Phi) is 1.75. The molecule has 0 fully saturated rings. The maximum Gasteiger partial charge on any atom is 0.147 e. The monoisotopic (exact) mass is 220 g/mol. The summed E-state index contributed by atoms with van der Waals surface area (Å²) in [7, 11) is 1.73. The van der Waals surface area contributed by atoms with E-state index in [1.807, 2.05) is 0 Å². The zero-order valence-electron chi connectivity index (χ0n) is 7.61. The molecule has 0 spiro atoms. The highest BCUT2D eigenvalue weighted by molar-refractivity contribution is 7.32.